The average molecular weight is 350 g/mol. The number of carboxylic acids is 1. The second-order valence-corrected chi connectivity index (χ2v) is 6.08. The summed E-state index contributed by atoms with van der Waals surface area (Å²) in [7, 11) is 0. The van der Waals surface area contributed by atoms with Crippen molar-refractivity contribution in [3.63, 3.8) is 0 Å². The number of furan rings is 1. The molecule has 1 aliphatic heterocycles. The maximum atomic E-state index is 11.8. The largest absolute Gasteiger partial charge is 0.478 e. The smallest absolute Gasteiger partial charge is 0.335 e. The number of carbonyl (C=O) groups excluding carboxylic acids is 2. The number of carbonyl (C=O) groups is 3. The van der Waals surface area contributed by atoms with Crippen LogP contribution < -0.4 is 10.6 Å². The molecule has 7 heteroatoms. The van der Waals surface area contributed by atoms with Crippen LogP contribution in [0.1, 0.15) is 15.9 Å². The first-order valence-electron chi connectivity index (χ1n) is 7.96. The molecule has 0 bridgehead atoms. The van der Waals surface area contributed by atoms with E-state index < -0.39 is 18.0 Å². The number of hydrogen-bond donors (Lipinski definition) is 3. The number of imide groups is 1. The molecule has 1 unspecified atom stereocenters. The second-order valence-electron chi connectivity index (χ2n) is 6.08. The van der Waals surface area contributed by atoms with E-state index in [1.54, 1.807) is 30.5 Å². The Bertz CT molecular complexity index is 1040. The van der Waals surface area contributed by atoms with Gasteiger partial charge in [0.1, 0.15) is 11.6 Å². The lowest BCUT2D eigenvalue weighted by molar-refractivity contribution is -0.120. The lowest BCUT2D eigenvalue weighted by Crippen LogP contribution is -2.31. The van der Waals surface area contributed by atoms with E-state index in [4.69, 9.17) is 9.52 Å². The lowest BCUT2D eigenvalue weighted by atomic mass is 9.96. The van der Waals surface area contributed by atoms with Crippen molar-refractivity contribution >= 4 is 28.9 Å². The number of rotatable bonds is 4. The average Bonchev–Trinajstić information content (AvgIpc) is 3.21. The van der Waals surface area contributed by atoms with Crippen molar-refractivity contribution in [2.75, 3.05) is 0 Å². The fraction of sp³-hybridized carbons (Fsp3) is 0.105. The molecule has 1 fully saturated rings. The molecule has 1 aliphatic rings. The molecule has 0 saturated carbocycles. The van der Waals surface area contributed by atoms with Gasteiger partial charge in [-0.2, -0.15) is 0 Å². The molecule has 7 nitrogen and oxygen atoms in total. The van der Waals surface area contributed by atoms with Crippen molar-refractivity contribution in [1.82, 2.24) is 10.6 Å². The number of hydrogen-bond acceptors (Lipinski definition) is 4. The number of benzene rings is 2. The van der Waals surface area contributed by atoms with E-state index in [0.717, 1.165) is 22.1 Å². The molecule has 1 atom stereocenters. The summed E-state index contributed by atoms with van der Waals surface area (Å²) in [6.07, 6.45) is 1.86. The summed E-state index contributed by atoms with van der Waals surface area (Å²) in [5.41, 5.74) is 3.37. The molecule has 0 spiro atoms. The predicted molar refractivity (Wildman–Crippen MR) is 92.8 cm³/mol. The Labute approximate surface area is 147 Å². The normalized spacial score (nSPS) is 16.5. The number of fused-ring (bicyclic) bond motifs is 1. The zero-order valence-electron chi connectivity index (χ0n) is 13.5. The maximum absolute atomic E-state index is 11.8. The summed E-state index contributed by atoms with van der Waals surface area (Å²) in [6, 6.07) is 11.0. The van der Waals surface area contributed by atoms with Crippen molar-refractivity contribution < 1.29 is 23.9 Å². The molecule has 2 aromatic carbocycles. The van der Waals surface area contributed by atoms with Crippen LogP contribution in [-0.4, -0.2) is 29.1 Å². The molecule has 130 valence electrons. The highest BCUT2D eigenvalue weighted by atomic mass is 16.4. The van der Waals surface area contributed by atoms with Gasteiger partial charge in [0, 0.05) is 11.8 Å². The molecule has 0 aliphatic carbocycles. The van der Waals surface area contributed by atoms with E-state index in [0.29, 0.717) is 12.0 Å². The van der Waals surface area contributed by atoms with Crippen LogP contribution in [0.15, 0.2) is 53.1 Å². The van der Waals surface area contributed by atoms with Crippen LogP contribution in [0.2, 0.25) is 0 Å². The highest BCUT2D eigenvalue weighted by Crippen LogP contribution is 2.30. The molecule has 0 radical (unpaired) electrons. The number of nitrogens with one attached hydrogen (secondary N) is 2. The Hall–Kier alpha value is -3.61. The molecule has 4 rings (SSSR count). The van der Waals surface area contributed by atoms with Gasteiger partial charge in [0.25, 0.3) is 5.91 Å². The highest BCUT2D eigenvalue weighted by molar-refractivity contribution is 6.04. The van der Waals surface area contributed by atoms with E-state index in [1.165, 1.54) is 0 Å². The zero-order valence-corrected chi connectivity index (χ0v) is 13.5. The van der Waals surface area contributed by atoms with Gasteiger partial charge in [0.05, 0.1) is 11.8 Å². The van der Waals surface area contributed by atoms with E-state index >= 15 is 0 Å². The summed E-state index contributed by atoms with van der Waals surface area (Å²) in [5, 5.41) is 14.7. The second kappa shape index (κ2) is 6.03. The molecular weight excluding hydrogens is 336 g/mol. The van der Waals surface area contributed by atoms with Crippen LogP contribution in [0.3, 0.4) is 0 Å². The summed E-state index contributed by atoms with van der Waals surface area (Å²) in [4.78, 5) is 34.2. The number of urea groups is 1. The molecule has 3 amide bonds. The van der Waals surface area contributed by atoms with Crippen molar-refractivity contribution in [2.45, 2.75) is 12.5 Å². The van der Waals surface area contributed by atoms with Crippen LogP contribution in [-0.2, 0) is 11.2 Å². The Balaban J connectivity index is 1.73. The van der Waals surface area contributed by atoms with Gasteiger partial charge in [-0.1, -0.05) is 12.1 Å². The molecule has 3 N–H and O–H groups in total. The first-order chi connectivity index (χ1) is 12.5. The molecule has 26 heavy (non-hydrogen) atoms. The van der Waals surface area contributed by atoms with Gasteiger partial charge in [-0.25, -0.2) is 9.59 Å². The third-order valence-corrected chi connectivity index (χ3v) is 4.38. The third kappa shape index (κ3) is 2.79. The molecule has 2 heterocycles. The summed E-state index contributed by atoms with van der Waals surface area (Å²) >= 11 is 0. The van der Waals surface area contributed by atoms with Crippen molar-refractivity contribution in [2.24, 2.45) is 0 Å². The summed E-state index contributed by atoms with van der Waals surface area (Å²) < 4.78 is 5.54. The number of amides is 3. The van der Waals surface area contributed by atoms with Crippen LogP contribution >= 0.6 is 0 Å². The van der Waals surface area contributed by atoms with Gasteiger partial charge in [0.2, 0.25) is 0 Å². The topological polar surface area (TPSA) is 109 Å². The molecule has 1 saturated heterocycles. The fourth-order valence-corrected chi connectivity index (χ4v) is 3.10. The predicted octanol–water partition coefficient (Wildman–Crippen LogP) is 2.55. The standard InChI is InChI=1S/C19H14N2O5/c22-17-15(20-19(25)21-17)9-14-8-13(7-12-5-6-26-16(12)14)10-1-3-11(4-2-10)18(23)24/h1-8,15H,9H2,(H,23,24)(H2,20,21,22,25). The summed E-state index contributed by atoms with van der Waals surface area (Å²) in [5.74, 6) is -1.35. The van der Waals surface area contributed by atoms with Crippen LogP contribution in [0.4, 0.5) is 4.79 Å². The van der Waals surface area contributed by atoms with E-state index in [2.05, 4.69) is 10.6 Å². The highest BCUT2D eigenvalue weighted by Gasteiger charge is 2.30. The lowest BCUT2D eigenvalue weighted by Gasteiger charge is -2.11. The van der Waals surface area contributed by atoms with Gasteiger partial charge in [-0.15, -0.1) is 0 Å². The van der Waals surface area contributed by atoms with Crippen molar-refractivity contribution in [3.05, 3.63) is 59.9 Å². The van der Waals surface area contributed by atoms with Gasteiger partial charge >= 0.3 is 12.0 Å². The number of carboxylic acid groups (broad SMARTS) is 1. The Morgan fingerprint density at radius 1 is 1.08 bits per heavy atom. The Morgan fingerprint density at radius 2 is 1.85 bits per heavy atom. The van der Waals surface area contributed by atoms with Crippen LogP contribution in [0, 0.1) is 0 Å². The maximum Gasteiger partial charge on any atom is 0.335 e. The van der Waals surface area contributed by atoms with Crippen molar-refractivity contribution in [3.8, 4) is 11.1 Å². The van der Waals surface area contributed by atoms with Crippen LogP contribution in [0.25, 0.3) is 22.1 Å². The molecule has 1 aromatic heterocycles. The van der Waals surface area contributed by atoms with Crippen molar-refractivity contribution in [1.29, 1.82) is 0 Å². The Kier molecular flexibility index (Phi) is 3.69. The van der Waals surface area contributed by atoms with Gasteiger partial charge in [0.15, 0.2) is 0 Å². The molecule has 3 aromatic rings. The number of aromatic carboxylic acids is 1. The minimum atomic E-state index is -0.981. The first-order valence-corrected chi connectivity index (χ1v) is 7.96. The van der Waals surface area contributed by atoms with Crippen LogP contribution in [0.5, 0.6) is 0 Å². The molecular formula is C19H14N2O5. The SMILES string of the molecule is O=C1NC(=O)C(Cc2cc(-c3ccc(C(=O)O)cc3)cc3ccoc23)N1. The Morgan fingerprint density at radius 3 is 2.50 bits per heavy atom. The minimum Gasteiger partial charge on any atom is -0.478 e. The monoisotopic (exact) mass is 350 g/mol. The van der Waals surface area contributed by atoms with E-state index in [-0.39, 0.29) is 11.5 Å². The zero-order chi connectivity index (χ0) is 18.3. The fourth-order valence-electron chi connectivity index (χ4n) is 3.10. The summed E-state index contributed by atoms with van der Waals surface area (Å²) in [6.45, 7) is 0. The third-order valence-electron chi connectivity index (χ3n) is 4.38. The quantitative estimate of drug-likeness (QED) is 0.627. The van der Waals surface area contributed by atoms with Gasteiger partial charge in [-0.05, 0) is 47.0 Å². The van der Waals surface area contributed by atoms with Gasteiger partial charge < -0.3 is 14.8 Å². The van der Waals surface area contributed by atoms with E-state index in [9.17, 15) is 14.4 Å². The first kappa shape index (κ1) is 15.9. The minimum absolute atomic E-state index is 0.212. The van der Waals surface area contributed by atoms with E-state index in [1.807, 2.05) is 18.2 Å². The van der Waals surface area contributed by atoms with Gasteiger partial charge in [-0.3, -0.25) is 10.1 Å².